The number of imide groups is 1. The van der Waals surface area contributed by atoms with Crippen LogP contribution >= 0.6 is 0 Å². The van der Waals surface area contributed by atoms with Crippen molar-refractivity contribution in [2.75, 3.05) is 6.54 Å². The van der Waals surface area contributed by atoms with Crippen LogP contribution in [0.4, 0.5) is 9.59 Å². The van der Waals surface area contributed by atoms with E-state index in [9.17, 15) is 19.5 Å². The molecule has 134 valence electrons. The number of hydrogen-bond donors (Lipinski definition) is 1. The fraction of sp³-hybridized carbons (Fsp3) is 0.211. The molecule has 0 aliphatic carbocycles. The molecule has 7 nitrogen and oxygen atoms in total. The van der Waals surface area contributed by atoms with Crippen molar-refractivity contribution >= 4 is 18.1 Å². The van der Waals surface area contributed by atoms with Gasteiger partial charge in [0.1, 0.15) is 6.61 Å². The minimum Gasteiger partial charge on any atom is -0.480 e. The molecule has 0 unspecified atom stereocenters. The summed E-state index contributed by atoms with van der Waals surface area (Å²) in [5, 5.41) is 9.39. The lowest BCUT2D eigenvalue weighted by atomic mass is 10.2. The summed E-state index contributed by atoms with van der Waals surface area (Å²) in [5.74, 6) is -1.24. The summed E-state index contributed by atoms with van der Waals surface area (Å²) in [6.07, 6.45) is -0.957. The molecule has 1 heterocycles. The van der Waals surface area contributed by atoms with Gasteiger partial charge in [0.05, 0.1) is 6.54 Å². The molecule has 0 bridgehead atoms. The molecular weight excluding hydrogens is 336 g/mol. The van der Waals surface area contributed by atoms with Gasteiger partial charge in [-0.05, 0) is 11.1 Å². The number of hydrogen-bond acceptors (Lipinski definition) is 4. The average Bonchev–Trinajstić information content (AvgIpc) is 2.98. The number of rotatable bonds is 5. The van der Waals surface area contributed by atoms with Crippen molar-refractivity contribution in [2.24, 2.45) is 0 Å². The van der Waals surface area contributed by atoms with Gasteiger partial charge in [0, 0.05) is 6.54 Å². The Bertz CT molecular complexity index is 794. The fourth-order valence-corrected chi connectivity index (χ4v) is 2.77. The summed E-state index contributed by atoms with van der Waals surface area (Å²) in [5.41, 5.74) is 1.60. The van der Waals surface area contributed by atoms with Crippen LogP contribution in [0.1, 0.15) is 11.1 Å². The van der Waals surface area contributed by atoms with Gasteiger partial charge in [-0.3, -0.25) is 0 Å². The largest absolute Gasteiger partial charge is 0.480 e. The van der Waals surface area contributed by atoms with Crippen LogP contribution in [-0.2, 0) is 22.7 Å². The molecule has 0 spiro atoms. The molecule has 1 aliphatic rings. The Kier molecular flexibility index (Phi) is 5.17. The third-order valence-corrected chi connectivity index (χ3v) is 4.08. The average molecular weight is 354 g/mol. The van der Waals surface area contributed by atoms with Crippen molar-refractivity contribution in [3.05, 3.63) is 71.8 Å². The van der Waals surface area contributed by atoms with E-state index in [1.165, 1.54) is 4.90 Å². The maximum absolute atomic E-state index is 12.6. The molecule has 1 fully saturated rings. The highest BCUT2D eigenvalue weighted by atomic mass is 16.6. The Balaban J connectivity index is 1.70. The van der Waals surface area contributed by atoms with Crippen molar-refractivity contribution in [3.8, 4) is 0 Å². The molecular formula is C19H18N2O5. The van der Waals surface area contributed by atoms with Crippen molar-refractivity contribution in [1.82, 2.24) is 9.80 Å². The van der Waals surface area contributed by atoms with Crippen LogP contribution in [0.3, 0.4) is 0 Å². The van der Waals surface area contributed by atoms with Crippen LogP contribution in [0.2, 0.25) is 0 Å². The first-order chi connectivity index (χ1) is 12.6. The lowest BCUT2D eigenvalue weighted by Crippen LogP contribution is -2.44. The number of benzene rings is 2. The van der Waals surface area contributed by atoms with E-state index in [1.54, 1.807) is 24.3 Å². The molecule has 1 aliphatic heterocycles. The monoisotopic (exact) mass is 354 g/mol. The molecule has 0 aromatic heterocycles. The van der Waals surface area contributed by atoms with Gasteiger partial charge in [-0.25, -0.2) is 19.3 Å². The maximum Gasteiger partial charge on any atom is 0.419 e. The molecule has 2 aromatic carbocycles. The highest BCUT2D eigenvalue weighted by Crippen LogP contribution is 2.20. The first-order valence-electron chi connectivity index (χ1n) is 8.12. The summed E-state index contributed by atoms with van der Waals surface area (Å²) in [4.78, 5) is 38.4. The quantitative estimate of drug-likeness (QED) is 0.892. The number of amides is 3. The van der Waals surface area contributed by atoms with Crippen molar-refractivity contribution in [2.45, 2.75) is 19.2 Å². The molecule has 3 rings (SSSR count). The number of ether oxygens (including phenoxy) is 1. The number of carbonyl (C=O) groups is 3. The van der Waals surface area contributed by atoms with Gasteiger partial charge in [-0.15, -0.1) is 0 Å². The zero-order valence-corrected chi connectivity index (χ0v) is 13.9. The van der Waals surface area contributed by atoms with Crippen LogP contribution in [0.5, 0.6) is 0 Å². The Morgan fingerprint density at radius 2 is 1.58 bits per heavy atom. The van der Waals surface area contributed by atoms with Gasteiger partial charge in [-0.1, -0.05) is 60.7 Å². The lowest BCUT2D eigenvalue weighted by Gasteiger charge is -2.18. The van der Waals surface area contributed by atoms with Crippen molar-refractivity contribution < 1.29 is 24.2 Å². The normalized spacial score (nSPS) is 16.6. The van der Waals surface area contributed by atoms with E-state index in [0.29, 0.717) is 4.90 Å². The van der Waals surface area contributed by atoms with Crippen molar-refractivity contribution in [3.63, 3.8) is 0 Å². The third kappa shape index (κ3) is 3.83. The number of nitrogens with zero attached hydrogens (tertiary/aromatic N) is 2. The zero-order valence-electron chi connectivity index (χ0n) is 13.9. The summed E-state index contributed by atoms with van der Waals surface area (Å²) in [6, 6.07) is 16.2. The van der Waals surface area contributed by atoms with Crippen molar-refractivity contribution in [1.29, 1.82) is 0 Å². The Hall–Kier alpha value is -3.35. The van der Waals surface area contributed by atoms with Gasteiger partial charge >= 0.3 is 18.1 Å². The van der Waals surface area contributed by atoms with E-state index in [-0.39, 0.29) is 19.7 Å². The minimum absolute atomic E-state index is 0.0333. The molecule has 1 atom stereocenters. The van der Waals surface area contributed by atoms with Gasteiger partial charge in [0.2, 0.25) is 0 Å². The Morgan fingerprint density at radius 3 is 2.15 bits per heavy atom. The van der Waals surface area contributed by atoms with E-state index >= 15 is 0 Å². The third-order valence-electron chi connectivity index (χ3n) is 4.08. The maximum atomic E-state index is 12.6. The standard InChI is InChI=1S/C19H18N2O5/c22-17(23)16-12-20(11-14-7-3-1-4-8-14)18(24)21(16)19(25)26-13-15-9-5-2-6-10-15/h1-10,16H,11-13H2,(H,22,23)/t16-/m0/s1. The number of urea groups is 1. The highest BCUT2D eigenvalue weighted by Gasteiger charge is 2.46. The van der Waals surface area contributed by atoms with Crippen LogP contribution in [0.15, 0.2) is 60.7 Å². The predicted molar refractivity (Wildman–Crippen MR) is 92.1 cm³/mol. The SMILES string of the molecule is O=C(O)[C@@H]1CN(Cc2ccccc2)C(=O)N1C(=O)OCc1ccccc1. The zero-order chi connectivity index (χ0) is 18.5. The molecule has 26 heavy (non-hydrogen) atoms. The molecule has 3 amide bonds. The summed E-state index contributed by atoms with van der Waals surface area (Å²) >= 11 is 0. The van der Waals surface area contributed by atoms with Gasteiger partial charge < -0.3 is 14.7 Å². The number of carboxylic acids is 1. The molecule has 7 heteroatoms. The van der Waals surface area contributed by atoms with E-state index in [0.717, 1.165) is 11.1 Å². The van der Waals surface area contributed by atoms with E-state index in [4.69, 9.17) is 4.74 Å². The Labute approximate surface area is 150 Å². The number of carboxylic acid groups (broad SMARTS) is 1. The highest BCUT2D eigenvalue weighted by molar-refractivity contribution is 5.98. The van der Waals surface area contributed by atoms with Gasteiger partial charge in [0.15, 0.2) is 6.04 Å². The first kappa shape index (κ1) is 17.5. The fourth-order valence-electron chi connectivity index (χ4n) is 2.77. The second-order valence-electron chi connectivity index (χ2n) is 5.91. The van der Waals surface area contributed by atoms with Crippen LogP contribution < -0.4 is 0 Å². The van der Waals surface area contributed by atoms with E-state index in [2.05, 4.69) is 0 Å². The molecule has 0 radical (unpaired) electrons. The number of aliphatic carboxylic acids is 1. The van der Waals surface area contributed by atoms with Crippen LogP contribution in [-0.4, -0.2) is 45.6 Å². The summed E-state index contributed by atoms with van der Waals surface area (Å²) in [6.45, 7) is 0.115. The molecule has 1 saturated heterocycles. The van der Waals surface area contributed by atoms with Crippen LogP contribution in [0.25, 0.3) is 0 Å². The van der Waals surface area contributed by atoms with Crippen LogP contribution in [0, 0.1) is 0 Å². The number of carbonyl (C=O) groups excluding carboxylic acids is 2. The topological polar surface area (TPSA) is 87.2 Å². The molecule has 1 N–H and O–H groups in total. The van der Waals surface area contributed by atoms with Gasteiger partial charge in [0.25, 0.3) is 0 Å². The smallest absolute Gasteiger partial charge is 0.419 e. The predicted octanol–water partition coefficient (Wildman–Crippen LogP) is 2.71. The summed E-state index contributed by atoms with van der Waals surface area (Å²) < 4.78 is 5.14. The molecule has 2 aromatic rings. The minimum atomic E-state index is -1.27. The second-order valence-corrected chi connectivity index (χ2v) is 5.91. The Morgan fingerprint density at radius 1 is 1.00 bits per heavy atom. The van der Waals surface area contributed by atoms with E-state index < -0.39 is 24.1 Å². The summed E-state index contributed by atoms with van der Waals surface area (Å²) in [7, 11) is 0. The van der Waals surface area contributed by atoms with Gasteiger partial charge in [-0.2, -0.15) is 0 Å². The molecule has 0 saturated carbocycles. The first-order valence-corrected chi connectivity index (χ1v) is 8.12. The second kappa shape index (κ2) is 7.69. The lowest BCUT2D eigenvalue weighted by molar-refractivity contribution is -0.141. The van der Waals surface area contributed by atoms with E-state index in [1.807, 2.05) is 36.4 Å².